The summed E-state index contributed by atoms with van der Waals surface area (Å²) in [6.07, 6.45) is 0. The zero-order valence-corrected chi connectivity index (χ0v) is 13.5. The lowest BCUT2D eigenvalue weighted by Crippen LogP contribution is -2.39. The molecule has 0 aliphatic carbocycles. The van der Waals surface area contributed by atoms with Crippen LogP contribution in [-0.2, 0) is 14.8 Å². The van der Waals surface area contributed by atoms with Crippen LogP contribution in [0.5, 0.6) is 0 Å². The number of aromatic amines is 1. The first-order valence-corrected chi connectivity index (χ1v) is 8.33. The largest absolute Gasteiger partial charge is 0.355 e. The van der Waals surface area contributed by atoms with Crippen molar-refractivity contribution in [1.29, 1.82) is 0 Å². The van der Waals surface area contributed by atoms with Crippen molar-refractivity contribution in [2.45, 2.75) is 25.0 Å². The summed E-state index contributed by atoms with van der Waals surface area (Å²) in [5.74, 6) is -0.0802. The number of aromatic nitrogens is 1. The number of nitrogens with one attached hydrogen (secondary N) is 2. The Hall–Kier alpha value is -1.19. The Kier molecular flexibility index (Phi) is 5.49. The van der Waals surface area contributed by atoms with E-state index in [1.54, 1.807) is 0 Å². The third kappa shape index (κ3) is 4.15. The van der Waals surface area contributed by atoms with Gasteiger partial charge in [0, 0.05) is 19.3 Å². The molecule has 0 bridgehead atoms. The van der Waals surface area contributed by atoms with Gasteiger partial charge in [-0.25, -0.2) is 8.42 Å². The molecule has 20 heavy (non-hydrogen) atoms. The fraction of sp³-hybridized carbons (Fsp3) is 0.636. The maximum Gasteiger partial charge on any atom is 0.305 e. The molecule has 2 N–H and O–H groups in total. The number of likely N-dealkylation sites (N-methyl/N-ethyl adjacent to an activating group) is 1. The maximum absolute atomic E-state index is 12.2. The fourth-order valence-corrected chi connectivity index (χ4v) is 4.05. The smallest absolute Gasteiger partial charge is 0.305 e. The molecule has 0 aliphatic heterocycles. The van der Waals surface area contributed by atoms with Gasteiger partial charge in [0.2, 0.25) is 5.91 Å². The van der Waals surface area contributed by atoms with Gasteiger partial charge in [0.25, 0.3) is 10.0 Å². The number of carbonyl (C=O) groups is 1. The molecule has 0 radical (unpaired) electrons. The summed E-state index contributed by atoms with van der Waals surface area (Å²) in [6, 6.07) is 0. The van der Waals surface area contributed by atoms with E-state index >= 15 is 0 Å². The monoisotopic (exact) mass is 321 g/mol. The van der Waals surface area contributed by atoms with Crippen molar-refractivity contribution < 1.29 is 13.2 Å². The number of rotatable bonds is 6. The third-order valence-corrected chi connectivity index (χ3v) is 5.88. The molecule has 0 atom stereocenters. The molecular weight excluding hydrogens is 302 g/mol. The van der Waals surface area contributed by atoms with Crippen LogP contribution >= 0.6 is 11.3 Å². The second kappa shape index (κ2) is 6.51. The van der Waals surface area contributed by atoms with Gasteiger partial charge in [0.05, 0.1) is 6.54 Å². The summed E-state index contributed by atoms with van der Waals surface area (Å²) in [4.78, 5) is 24.8. The van der Waals surface area contributed by atoms with Crippen LogP contribution < -0.4 is 10.2 Å². The number of amides is 1. The van der Waals surface area contributed by atoms with Crippen LogP contribution in [0.3, 0.4) is 0 Å². The van der Waals surface area contributed by atoms with Crippen LogP contribution in [0.4, 0.5) is 0 Å². The minimum absolute atomic E-state index is 0.0540. The Morgan fingerprint density at radius 2 is 2.05 bits per heavy atom. The average molecular weight is 321 g/mol. The second-order valence-corrected chi connectivity index (χ2v) is 8.11. The first-order chi connectivity index (χ1) is 9.14. The molecule has 114 valence electrons. The molecule has 9 heteroatoms. The van der Waals surface area contributed by atoms with Crippen molar-refractivity contribution in [2.24, 2.45) is 5.92 Å². The maximum atomic E-state index is 12.2. The molecular formula is C11H19N3O4S2. The zero-order valence-electron chi connectivity index (χ0n) is 11.9. The lowest BCUT2D eigenvalue weighted by molar-refractivity contribution is -0.121. The summed E-state index contributed by atoms with van der Waals surface area (Å²) < 4.78 is 25.4. The lowest BCUT2D eigenvalue weighted by atomic mass is 10.2. The zero-order chi connectivity index (χ0) is 15.5. The van der Waals surface area contributed by atoms with Gasteiger partial charge in [-0.15, -0.1) is 0 Å². The molecule has 7 nitrogen and oxygen atoms in total. The van der Waals surface area contributed by atoms with Crippen molar-refractivity contribution in [3.63, 3.8) is 0 Å². The van der Waals surface area contributed by atoms with E-state index in [2.05, 4.69) is 10.3 Å². The first kappa shape index (κ1) is 16.9. The van der Waals surface area contributed by atoms with Crippen LogP contribution in [0.25, 0.3) is 0 Å². The Balaban J connectivity index is 2.81. The van der Waals surface area contributed by atoms with Gasteiger partial charge >= 0.3 is 4.87 Å². The van der Waals surface area contributed by atoms with Crippen LogP contribution in [0.1, 0.15) is 19.5 Å². The molecule has 0 fully saturated rings. The molecule has 0 aliphatic rings. The molecule has 0 saturated heterocycles. The van der Waals surface area contributed by atoms with Crippen LogP contribution in [0.15, 0.2) is 9.00 Å². The predicted molar refractivity (Wildman–Crippen MR) is 77.3 cm³/mol. The number of aryl methyl sites for hydroxylation is 1. The quantitative estimate of drug-likeness (QED) is 0.778. The van der Waals surface area contributed by atoms with Gasteiger partial charge in [-0.05, 0) is 12.8 Å². The molecule has 0 saturated carbocycles. The summed E-state index contributed by atoms with van der Waals surface area (Å²) in [7, 11) is -2.51. The third-order valence-electron chi connectivity index (χ3n) is 2.50. The number of thiazole rings is 1. The van der Waals surface area contributed by atoms with Crippen molar-refractivity contribution in [2.75, 3.05) is 20.1 Å². The number of hydrogen-bond acceptors (Lipinski definition) is 5. The SMILES string of the molecule is Cc1[nH]c(=O)sc1S(=O)(=O)N(C)CC(=O)NCC(C)C. The van der Waals surface area contributed by atoms with E-state index in [0.29, 0.717) is 17.9 Å². The molecule has 0 unspecified atom stereocenters. The number of nitrogens with zero attached hydrogens (tertiary/aromatic N) is 1. The standard InChI is InChI=1S/C11H19N3O4S2/c1-7(2)5-12-9(15)6-14(4)20(17,18)10-8(3)13-11(16)19-10/h7H,5-6H2,1-4H3,(H,12,15)(H,13,16). The van der Waals surface area contributed by atoms with Gasteiger partial charge in [-0.3, -0.25) is 9.59 Å². The van der Waals surface area contributed by atoms with Gasteiger partial charge in [0.1, 0.15) is 0 Å². The van der Waals surface area contributed by atoms with E-state index < -0.39 is 14.9 Å². The Bertz CT molecular complexity index is 630. The summed E-state index contributed by atoms with van der Waals surface area (Å²) in [5, 5.41) is 2.65. The highest BCUT2D eigenvalue weighted by atomic mass is 32.2. The van der Waals surface area contributed by atoms with Gasteiger partial charge < -0.3 is 10.3 Å². The molecule has 1 aromatic rings. The van der Waals surface area contributed by atoms with Crippen molar-refractivity contribution in [1.82, 2.24) is 14.6 Å². The van der Waals surface area contributed by atoms with Gasteiger partial charge in [0.15, 0.2) is 4.21 Å². The van der Waals surface area contributed by atoms with E-state index in [-0.39, 0.29) is 28.3 Å². The van der Waals surface area contributed by atoms with E-state index in [9.17, 15) is 18.0 Å². The Labute approximate surface area is 122 Å². The molecule has 1 heterocycles. The van der Waals surface area contributed by atoms with Crippen molar-refractivity contribution >= 4 is 27.3 Å². The van der Waals surface area contributed by atoms with Crippen LogP contribution in [0, 0.1) is 12.8 Å². The van der Waals surface area contributed by atoms with Gasteiger partial charge in [-0.2, -0.15) is 4.31 Å². The van der Waals surface area contributed by atoms with Crippen molar-refractivity contribution in [3.8, 4) is 0 Å². The molecule has 1 rings (SSSR count). The van der Waals surface area contributed by atoms with E-state index in [4.69, 9.17) is 0 Å². The molecule has 0 aromatic carbocycles. The Morgan fingerprint density at radius 1 is 1.45 bits per heavy atom. The minimum atomic E-state index is -3.82. The molecule has 1 aromatic heterocycles. The second-order valence-electron chi connectivity index (χ2n) is 4.89. The highest BCUT2D eigenvalue weighted by Gasteiger charge is 2.27. The van der Waals surface area contributed by atoms with Crippen LogP contribution in [0.2, 0.25) is 0 Å². The van der Waals surface area contributed by atoms with Gasteiger partial charge in [-0.1, -0.05) is 25.2 Å². The highest BCUT2D eigenvalue weighted by molar-refractivity contribution is 7.91. The Morgan fingerprint density at radius 3 is 2.50 bits per heavy atom. The van der Waals surface area contributed by atoms with Crippen LogP contribution in [-0.4, -0.2) is 43.8 Å². The first-order valence-electron chi connectivity index (χ1n) is 6.07. The minimum Gasteiger partial charge on any atom is -0.355 e. The van der Waals surface area contributed by atoms with E-state index in [1.807, 2.05) is 13.8 Å². The topological polar surface area (TPSA) is 99.3 Å². The molecule has 0 spiro atoms. The fourth-order valence-electron chi connectivity index (χ4n) is 1.44. The normalized spacial score (nSPS) is 12.1. The number of H-pyrrole nitrogens is 1. The van der Waals surface area contributed by atoms with Crippen molar-refractivity contribution in [3.05, 3.63) is 15.4 Å². The molecule has 1 amide bonds. The number of sulfonamides is 1. The summed E-state index contributed by atoms with van der Waals surface area (Å²) >= 11 is 0.623. The average Bonchev–Trinajstić information content (AvgIpc) is 2.66. The lowest BCUT2D eigenvalue weighted by Gasteiger charge is -2.16. The summed E-state index contributed by atoms with van der Waals surface area (Å²) in [6.45, 7) is 5.62. The van der Waals surface area contributed by atoms with E-state index in [0.717, 1.165) is 4.31 Å². The predicted octanol–water partition coefficient (Wildman–Crippen LogP) is 0.138. The number of hydrogen-bond donors (Lipinski definition) is 2. The highest BCUT2D eigenvalue weighted by Crippen LogP contribution is 2.19. The number of carbonyl (C=O) groups excluding carboxylic acids is 1. The van der Waals surface area contributed by atoms with E-state index in [1.165, 1.54) is 14.0 Å². The summed E-state index contributed by atoms with van der Waals surface area (Å²) in [5.41, 5.74) is 0.287.